The Morgan fingerprint density at radius 1 is 1.26 bits per heavy atom. The molecule has 2 rings (SSSR count). The minimum atomic E-state index is -0.515. The third-order valence-electron chi connectivity index (χ3n) is 2.57. The van der Waals surface area contributed by atoms with Crippen LogP contribution in [0.15, 0.2) is 42.6 Å². The number of esters is 1. The molecule has 2 aromatic rings. The second-order valence-electron chi connectivity index (χ2n) is 3.91. The average Bonchev–Trinajstić information content (AvgIpc) is 2.40. The van der Waals surface area contributed by atoms with Gasteiger partial charge in [-0.05, 0) is 24.3 Å². The molecule has 0 radical (unpaired) electrons. The summed E-state index contributed by atoms with van der Waals surface area (Å²) < 4.78 is 5.15. The van der Waals surface area contributed by atoms with Crippen molar-refractivity contribution in [3.05, 3.63) is 58.9 Å². The topological polar surface area (TPSA) is 65.2 Å². The van der Waals surface area contributed by atoms with Crippen LogP contribution in [-0.2, 0) is 11.2 Å². The third-order valence-corrected chi connectivity index (χ3v) is 2.88. The fourth-order valence-electron chi connectivity index (χ4n) is 1.62. The number of benzene rings is 1. The maximum Gasteiger partial charge on any atom is 0.341 e. The van der Waals surface area contributed by atoms with Crippen molar-refractivity contribution in [3.63, 3.8) is 0 Å². The predicted octanol–water partition coefficient (Wildman–Crippen LogP) is 2.72. The molecule has 0 aliphatic rings. The van der Waals surface area contributed by atoms with E-state index in [4.69, 9.17) is 22.1 Å². The highest BCUT2D eigenvalue weighted by Crippen LogP contribution is 2.22. The van der Waals surface area contributed by atoms with Gasteiger partial charge in [-0.15, -0.1) is 0 Å². The molecule has 1 aromatic carbocycles. The fourth-order valence-corrected chi connectivity index (χ4v) is 1.88. The first-order chi connectivity index (χ1) is 9.18. The molecule has 2 N–H and O–H groups in total. The first-order valence-corrected chi connectivity index (χ1v) is 6.17. The highest BCUT2D eigenvalue weighted by atomic mass is 35.5. The summed E-state index contributed by atoms with van der Waals surface area (Å²) in [5.41, 5.74) is 7.10. The van der Waals surface area contributed by atoms with Gasteiger partial charge in [0.25, 0.3) is 0 Å². The summed E-state index contributed by atoms with van der Waals surface area (Å²) in [6.07, 6.45) is 2.25. The smallest absolute Gasteiger partial charge is 0.341 e. The highest BCUT2D eigenvalue weighted by Gasteiger charge is 2.15. The van der Waals surface area contributed by atoms with Gasteiger partial charge < -0.3 is 10.5 Å². The quantitative estimate of drug-likeness (QED) is 0.689. The van der Waals surface area contributed by atoms with Gasteiger partial charge in [-0.1, -0.05) is 23.7 Å². The van der Waals surface area contributed by atoms with Crippen LogP contribution in [0.1, 0.15) is 16.1 Å². The van der Waals surface area contributed by atoms with E-state index in [1.165, 1.54) is 0 Å². The van der Waals surface area contributed by atoms with Gasteiger partial charge in [-0.3, -0.25) is 4.98 Å². The van der Waals surface area contributed by atoms with E-state index in [2.05, 4.69) is 4.98 Å². The minimum absolute atomic E-state index is 0.213. The van der Waals surface area contributed by atoms with Crippen LogP contribution >= 0.6 is 11.6 Å². The van der Waals surface area contributed by atoms with E-state index in [1.807, 2.05) is 18.2 Å². The van der Waals surface area contributed by atoms with Crippen molar-refractivity contribution >= 4 is 23.3 Å². The van der Waals surface area contributed by atoms with Gasteiger partial charge in [0.1, 0.15) is 5.56 Å². The molecule has 0 unspecified atom stereocenters. The summed E-state index contributed by atoms with van der Waals surface area (Å²) >= 11 is 5.93. The molecular weight excluding hydrogens is 264 g/mol. The molecule has 4 nitrogen and oxygen atoms in total. The molecule has 1 aromatic heterocycles. The Kier molecular flexibility index (Phi) is 4.36. The Bertz CT molecular complexity index is 553. The standard InChI is InChI=1S/C14H13ClN2O2/c15-11-5-3-6-12(16)13(11)14(18)19-9-7-10-4-1-2-8-17-10/h1-6,8H,7,9,16H2. The second-order valence-corrected chi connectivity index (χ2v) is 4.32. The van der Waals surface area contributed by atoms with E-state index in [-0.39, 0.29) is 12.2 Å². The van der Waals surface area contributed by atoms with E-state index < -0.39 is 5.97 Å². The van der Waals surface area contributed by atoms with Crippen molar-refractivity contribution in [2.45, 2.75) is 6.42 Å². The van der Waals surface area contributed by atoms with Gasteiger partial charge in [0.15, 0.2) is 0 Å². The number of hydrogen-bond acceptors (Lipinski definition) is 4. The van der Waals surface area contributed by atoms with Crippen molar-refractivity contribution in [1.82, 2.24) is 4.98 Å². The van der Waals surface area contributed by atoms with Gasteiger partial charge in [0.2, 0.25) is 0 Å². The number of halogens is 1. The third kappa shape index (κ3) is 3.45. The first kappa shape index (κ1) is 13.4. The zero-order valence-electron chi connectivity index (χ0n) is 10.2. The van der Waals surface area contributed by atoms with Gasteiger partial charge in [0.05, 0.1) is 11.6 Å². The Labute approximate surface area is 116 Å². The van der Waals surface area contributed by atoms with Gasteiger partial charge in [-0.2, -0.15) is 0 Å². The summed E-state index contributed by atoms with van der Waals surface area (Å²) in [6, 6.07) is 10.5. The van der Waals surface area contributed by atoms with Crippen LogP contribution in [0.2, 0.25) is 5.02 Å². The van der Waals surface area contributed by atoms with Crippen molar-refractivity contribution < 1.29 is 9.53 Å². The fraction of sp³-hybridized carbons (Fsp3) is 0.143. The Hall–Kier alpha value is -2.07. The van der Waals surface area contributed by atoms with E-state index in [0.717, 1.165) is 5.69 Å². The SMILES string of the molecule is Nc1cccc(Cl)c1C(=O)OCCc1ccccn1. The number of carbonyl (C=O) groups is 1. The molecular formula is C14H13ClN2O2. The van der Waals surface area contributed by atoms with E-state index in [0.29, 0.717) is 17.1 Å². The lowest BCUT2D eigenvalue weighted by atomic mass is 10.2. The molecule has 0 atom stereocenters. The largest absolute Gasteiger partial charge is 0.462 e. The van der Waals surface area contributed by atoms with Crippen molar-refractivity contribution in [3.8, 4) is 0 Å². The second kappa shape index (κ2) is 6.20. The Morgan fingerprint density at radius 3 is 2.79 bits per heavy atom. The Morgan fingerprint density at radius 2 is 2.11 bits per heavy atom. The molecule has 5 heteroatoms. The number of nitrogens with zero attached hydrogens (tertiary/aromatic N) is 1. The van der Waals surface area contributed by atoms with Crippen molar-refractivity contribution in [2.75, 3.05) is 12.3 Å². The van der Waals surface area contributed by atoms with Gasteiger partial charge in [-0.25, -0.2) is 4.79 Å². The number of carbonyl (C=O) groups excluding carboxylic acids is 1. The molecule has 98 valence electrons. The Balaban J connectivity index is 1.95. The normalized spacial score (nSPS) is 10.2. The van der Waals surface area contributed by atoms with E-state index >= 15 is 0 Å². The highest BCUT2D eigenvalue weighted by molar-refractivity contribution is 6.34. The number of hydrogen-bond donors (Lipinski definition) is 1. The van der Waals surface area contributed by atoms with E-state index in [1.54, 1.807) is 24.4 Å². The minimum Gasteiger partial charge on any atom is -0.462 e. The number of nitrogen functional groups attached to an aromatic ring is 1. The molecule has 19 heavy (non-hydrogen) atoms. The molecule has 0 aliphatic carbocycles. The summed E-state index contributed by atoms with van der Waals surface area (Å²) in [5, 5.41) is 0.294. The zero-order valence-corrected chi connectivity index (χ0v) is 10.9. The number of rotatable bonds is 4. The number of nitrogens with two attached hydrogens (primary N) is 1. The first-order valence-electron chi connectivity index (χ1n) is 5.79. The van der Waals surface area contributed by atoms with Crippen molar-refractivity contribution in [1.29, 1.82) is 0 Å². The molecule has 0 fully saturated rings. The van der Waals surface area contributed by atoms with Crippen LogP contribution in [0, 0.1) is 0 Å². The molecule has 0 saturated heterocycles. The molecule has 0 saturated carbocycles. The van der Waals surface area contributed by atoms with Crippen LogP contribution in [0.25, 0.3) is 0 Å². The predicted molar refractivity (Wildman–Crippen MR) is 74.1 cm³/mol. The molecule has 0 amide bonds. The van der Waals surface area contributed by atoms with Crippen LogP contribution in [0.4, 0.5) is 5.69 Å². The van der Waals surface area contributed by atoms with E-state index in [9.17, 15) is 4.79 Å². The average molecular weight is 277 g/mol. The van der Waals surface area contributed by atoms with Crippen molar-refractivity contribution in [2.24, 2.45) is 0 Å². The molecule has 0 aliphatic heterocycles. The molecule has 1 heterocycles. The van der Waals surface area contributed by atoms with Crippen LogP contribution in [0.3, 0.4) is 0 Å². The summed E-state index contributed by atoms with van der Waals surface area (Å²) in [4.78, 5) is 16.0. The molecule has 0 spiro atoms. The lowest BCUT2D eigenvalue weighted by molar-refractivity contribution is 0.0510. The monoisotopic (exact) mass is 276 g/mol. The maximum absolute atomic E-state index is 11.9. The van der Waals surface area contributed by atoms with Crippen LogP contribution in [0.5, 0.6) is 0 Å². The number of aromatic nitrogens is 1. The number of anilines is 1. The summed E-state index contributed by atoms with van der Waals surface area (Å²) in [5.74, 6) is -0.515. The summed E-state index contributed by atoms with van der Waals surface area (Å²) in [6.45, 7) is 0.237. The molecule has 0 bridgehead atoms. The maximum atomic E-state index is 11.9. The number of ether oxygens (including phenoxy) is 1. The van der Waals surface area contributed by atoms with Crippen LogP contribution < -0.4 is 5.73 Å². The summed E-state index contributed by atoms with van der Waals surface area (Å²) in [7, 11) is 0. The van der Waals surface area contributed by atoms with Gasteiger partial charge in [0, 0.05) is 24.0 Å². The van der Waals surface area contributed by atoms with Gasteiger partial charge >= 0.3 is 5.97 Å². The lowest BCUT2D eigenvalue weighted by Gasteiger charge is -2.08. The lowest BCUT2D eigenvalue weighted by Crippen LogP contribution is -2.11. The van der Waals surface area contributed by atoms with Crippen LogP contribution in [-0.4, -0.2) is 17.6 Å². The zero-order chi connectivity index (χ0) is 13.7. The number of pyridine rings is 1.